The highest BCUT2D eigenvalue weighted by Gasteiger charge is 2.23. The Kier molecular flexibility index (Phi) is 8.53. The molecule has 1 aliphatic rings. The maximum absolute atomic E-state index is 10.9. The first-order valence-corrected chi connectivity index (χ1v) is 10.4. The second kappa shape index (κ2) is 11.6. The number of methoxy groups -OCH3 is 1. The third kappa shape index (κ3) is 5.52. The molecular formula is C24H30O6. The molecule has 6 heteroatoms. The first-order valence-electron chi connectivity index (χ1n) is 10.4. The average molecular weight is 414 g/mol. The quantitative estimate of drug-likeness (QED) is 0.299. The van der Waals surface area contributed by atoms with Crippen LogP contribution in [0, 0.1) is 0 Å². The molecule has 0 radical (unpaired) electrons. The minimum absolute atomic E-state index is 0.212. The molecule has 2 aromatic rings. The highest BCUT2D eigenvalue weighted by atomic mass is 16.6. The number of hydrogen-bond donors (Lipinski definition) is 0. The van der Waals surface area contributed by atoms with Crippen molar-refractivity contribution in [3.05, 3.63) is 48.0 Å². The molecule has 0 spiro atoms. The highest BCUT2D eigenvalue weighted by Crippen LogP contribution is 2.43. The van der Waals surface area contributed by atoms with Crippen molar-refractivity contribution in [3.8, 4) is 11.5 Å². The predicted octanol–water partition coefficient (Wildman–Crippen LogP) is 3.87. The number of benzene rings is 2. The molecule has 0 N–H and O–H groups in total. The summed E-state index contributed by atoms with van der Waals surface area (Å²) in [6, 6.07) is 8.25. The lowest BCUT2D eigenvalue weighted by Gasteiger charge is -2.24. The van der Waals surface area contributed by atoms with Crippen LogP contribution in [0.1, 0.15) is 24.0 Å². The van der Waals surface area contributed by atoms with Crippen LogP contribution >= 0.6 is 0 Å². The van der Waals surface area contributed by atoms with Gasteiger partial charge in [0, 0.05) is 28.0 Å². The van der Waals surface area contributed by atoms with E-state index in [0.717, 1.165) is 41.2 Å². The molecule has 0 bridgehead atoms. The van der Waals surface area contributed by atoms with Crippen LogP contribution in [0.5, 0.6) is 11.5 Å². The van der Waals surface area contributed by atoms with E-state index in [1.807, 2.05) is 12.1 Å². The van der Waals surface area contributed by atoms with Gasteiger partial charge in [0.05, 0.1) is 33.5 Å². The largest absolute Gasteiger partial charge is 0.496 e. The van der Waals surface area contributed by atoms with E-state index in [2.05, 4.69) is 18.7 Å². The van der Waals surface area contributed by atoms with Crippen molar-refractivity contribution in [2.75, 3.05) is 46.8 Å². The Labute approximate surface area is 177 Å². The molecule has 0 heterocycles. The molecule has 0 aliphatic heterocycles. The summed E-state index contributed by atoms with van der Waals surface area (Å²) in [5.74, 6) is 1.50. The first kappa shape index (κ1) is 22.1. The molecule has 6 nitrogen and oxygen atoms in total. The molecule has 3 rings (SSSR count). The van der Waals surface area contributed by atoms with Gasteiger partial charge in [-0.1, -0.05) is 30.8 Å². The maximum atomic E-state index is 10.9. The van der Waals surface area contributed by atoms with Crippen molar-refractivity contribution in [3.63, 3.8) is 0 Å². The molecule has 0 unspecified atom stereocenters. The lowest BCUT2D eigenvalue weighted by atomic mass is 9.87. The van der Waals surface area contributed by atoms with Crippen molar-refractivity contribution in [2.24, 2.45) is 0 Å². The summed E-state index contributed by atoms with van der Waals surface area (Å²) in [5, 5.41) is 2.19. The SMILES string of the molecule is C=CC(=O)OCCOCCOCCOc1c2c(c(OC)c3ccccc13)CCCC2. The van der Waals surface area contributed by atoms with Crippen LogP contribution < -0.4 is 9.47 Å². The molecule has 0 fully saturated rings. The minimum Gasteiger partial charge on any atom is -0.496 e. The van der Waals surface area contributed by atoms with E-state index >= 15 is 0 Å². The molecule has 2 aromatic carbocycles. The van der Waals surface area contributed by atoms with E-state index in [0.29, 0.717) is 33.0 Å². The normalized spacial score (nSPS) is 13.0. The fourth-order valence-electron chi connectivity index (χ4n) is 3.79. The summed E-state index contributed by atoms with van der Waals surface area (Å²) in [6.07, 6.45) is 5.51. The second-order valence-corrected chi connectivity index (χ2v) is 7.02. The highest BCUT2D eigenvalue weighted by molar-refractivity contribution is 5.96. The van der Waals surface area contributed by atoms with Gasteiger partial charge in [0.2, 0.25) is 0 Å². The summed E-state index contributed by atoms with van der Waals surface area (Å²) >= 11 is 0. The summed E-state index contributed by atoms with van der Waals surface area (Å²) in [7, 11) is 1.75. The monoisotopic (exact) mass is 414 g/mol. The number of carbonyl (C=O) groups is 1. The van der Waals surface area contributed by atoms with Crippen molar-refractivity contribution < 1.29 is 28.5 Å². The fourth-order valence-corrected chi connectivity index (χ4v) is 3.79. The third-order valence-electron chi connectivity index (χ3n) is 5.12. The van der Waals surface area contributed by atoms with E-state index in [9.17, 15) is 4.79 Å². The average Bonchev–Trinajstić information content (AvgIpc) is 2.79. The van der Waals surface area contributed by atoms with E-state index in [1.54, 1.807) is 7.11 Å². The Bertz CT molecular complexity index is 860. The standard InChI is InChI=1S/C24H30O6/c1-3-22(25)29-16-14-27-12-13-28-15-17-30-24-20-10-6-4-8-18(20)23(26-2)19-9-5-7-11-21(19)24/h3-4,6,8,10H,1,5,7,9,11-17H2,2H3. The topological polar surface area (TPSA) is 63.2 Å². The maximum Gasteiger partial charge on any atom is 0.330 e. The van der Waals surface area contributed by atoms with Gasteiger partial charge in [0.25, 0.3) is 0 Å². The Morgan fingerprint density at radius 1 is 0.900 bits per heavy atom. The van der Waals surface area contributed by atoms with Gasteiger partial charge in [-0.2, -0.15) is 0 Å². The van der Waals surface area contributed by atoms with Crippen LogP contribution in [0.15, 0.2) is 36.9 Å². The predicted molar refractivity (Wildman–Crippen MR) is 115 cm³/mol. The zero-order valence-corrected chi connectivity index (χ0v) is 17.6. The summed E-state index contributed by atoms with van der Waals surface area (Å²) in [4.78, 5) is 10.9. The number of fused-ring (bicyclic) bond motifs is 2. The first-order chi connectivity index (χ1) is 14.8. The van der Waals surface area contributed by atoms with Crippen LogP contribution in [-0.2, 0) is 31.8 Å². The zero-order chi connectivity index (χ0) is 21.2. The Balaban J connectivity index is 1.50. The molecule has 1 aliphatic carbocycles. The van der Waals surface area contributed by atoms with Crippen molar-refractivity contribution in [2.45, 2.75) is 25.7 Å². The number of ether oxygens (including phenoxy) is 5. The van der Waals surface area contributed by atoms with Crippen LogP contribution in [0.4, 0.5) is 0 Å². The van der Waals surface area contributed by atoms with Gasteiger partial charge < -0.3 is 23.7 Å². The second-order valence-electron chi connectivity index (χ2n) is 7.02. The van der Waals surface area contributed by atoms with Crippen molar-refractivity contribution in [1.29, 1.82) is 0 Å². The summed E-state index contributed by atoms with van der Waals surface area (Å²) in [6.45, 7) is 5.73. The molecule has 0 aromatic heterocycles. The fraction of sp³-hybridized carbons (Fsp3) is 0.458. The van der Waals surface area contributed by atoms with Gasteiger partial charge in [0.15, 0.2) is 0 Å². The molecular weight excluding hydrogens is 384 g/mol. The number of rotatable bonds is 12. The van der Waals surface area contributed by atoms with Crippen molar-refractivity contribution >= 4 is 16.7 Å². The number of hydrogen-bond acceptors (Lipinski definition) is 6. The zero-order valence-electron chi connectivity index (χ0n) is 17.6. The third-order valence-corrected chi connectivity index (χ3v) is 5.12. The smallest absolute Gasteiger partial charge is 0.330 e. The lowest BCUT2D eigenvalue weighted by molar-refractivity contribution is -0.139. The van der Waals surface area contributed by atoms with Crippen LogP contribution in [0.2, 0.25) is 0 Å². The molecule has 162 valence electrons. The van der Waals surface area contributed by atoms with Gasteiger partial charge >= 0.3 is 5.97 Å². The van der Waals surface area contributed by atoms with Gasteiger partial charge in [0.1, 0.15) is 24.7 Å². The molecule has 0 atom stereocenters. The van der Waals surface area contributed by atoms with E-state index < -0.39 is 5.97 Å². The van der Waals surface area contributed by atoms with Gasteiger partial charge in [-0.05, 0) is 25.7 Å². The Morgan fingerprint density at radius 3 is 2.10 bits per heavy atom. The minimum atomic E-state index is -0.444. The van der Waals surface area contributed by atoms with E-state index in [4.69, 9.17) is 23.7 Å². The number of esters is 1. The van der Waals surface area contributed by atoms with Crippen molar-refractivity contribution in [1.82, 2.24) is 0 Å². The van der Waals surface area contributed by atoms with Gasteiger partial charge in [-0.3, -0.25) is 0 Å². The lowest BCUT2D eigenvalue weighted by Crippen LogP contribution is -2.15. The van der Waals surface area contributed by atoms with Gasteiger partial charge in [-0.15, -0.1) is 0 Å². The van der Waals surface area contributed by atoms with Crippen LogP contribution in [0.25, 0.3) is 10.8 Å². The van der Waals surface area contributed by atoms with Crippen LogP contribution in [-0.4, -0.2) is 52.7 Å². The molecule has 0 amide bonds. The van der Waals surface area contributed by atoms with Crippen LogP contribution in [0.3, 0.4) is 0 Å². The van der Waals surface area contributed by atoms with Gasteiger partial charge in [-0.25, -0.2) is 4.79 Å². The Morgan fingerprint density at radius 2 is 1.47 bits per heavy atom. The van der Waals surface area contributed by atoms with E-state index in [-0.39, 0.29) is 6.61 Å². The molecule has 30 heavy (non-hydrogen) atoms. The molecule has 0 saturated carbocycles. The number of carbonyl (C=O) groups excluding carboxylic acids is 1. The summed E-state index contributed by atoms with van der Waals surface area (Å²) in [5.41, 5.74) is 2.55. The molecule has 0 saturated heterocycles. The Hall–Kier alpha value is -2.57. The van der Waals surface area contributed by atoms with E-state index in [1.165, 1.54) is 24.0 Å². The summed E-state index contributed by atoms with van der Waals surface area (Å²) < 4.78 is 27.8.